The molecule has 0 saturated carbocycles. The Morgan fingerprint density at radius 2 is 1.57 bits per heavy atom. The lowest BCUT2D eigenvalue weighted by Crippen LogP contribution is -2.44. The van der Waals surface area contributed by atoms with E-state index in [1.54, 1.807) is 31.0 Å². The highest BCUT2D eigenvalue weighted by Crippen LogP contribution is 2.15. The lowest BCUT2D eigenvalue weighted by Gasteiger charge is -2.28. The lowest BCUT2D eigenvalue weighted by atomic mass is 10.2. The van der Waals surface area contributed by atoms with Gasteiger partial charge in [0.2, 0.25) is 5.91 Å². The van der Waals surface area contributed by atoms with E-state index < -0.39 is 6.04 Å². The largest absolute Gasteiger partial charge is 0.340 e. The Morgan fingerprint density at radius 3 is 2.14 bits per heavy atom. The van der Waals surface area contributed by atoms with Crippen molar-refractivity contribution in [1.29, 1.82) is 0 Å². The third-order valence-corrected chi connectivity index (χ3v) is 3.38. The fraction of sp³-hybridized carbons (Fsp3) is 0.235. The van der Waals surface area contributed by atoms with Gasteiger partial charge >= 0.3 is 0 Å². The normalized spacial score (nSPS) is 11.8. The van der Waals surface area contributed by atoms with Gasteiger partial charge in [-0.25, -0.2) is 5.06 Å². The molecule has 1 amide bonds. The van der Waals surface area contributed by atoms with Gasteiger partial charge in [-0.05, 0) is 24.6 Å². The molecule has 2 aromatic carbocycles. The van der Waals surface area contributed by atoms with Crippen molar-refractivity contribution in [2.75, 3.05) is 12.1 Å². The van der Waals surface area contributed by atoms with Crippen molar-refractivity contribution in [2.45, 2.75) is 19.5 Å². The summed E-state index contributed by atoms with van der Waals surface area (Å²) >= 11 is 0. The molecule has 0 heterocycles. The molecule has 1 atom stereocenters. The smallest absolute Gasteiger partial charge is 0.247 e. The van der Waals surface area contributed by atoms with Crippen LogP contribution in [0.3, 0.4) is 0 Å². The minimum Gasteiger partial charge on any atom is -0.340 e. The number of benzene rings is 2. The number of carbonyl (C=O) groups excluding carboxylic acids is 1. The minimum absolute atomic E-state index is 0.134. The first-order chi connectivity index (χ1) is 10.1. The van der Waals surface area contributed by atoms with Crippen LogP contribution in [0.15, 0.2) is 60.7 Å². The first-order valence-electron chi connectivity index (χ1n) is 6.91. The molecule has 0 fully saturated rings. The number of hydrogen-bond donors (Lipinski definition) is 1. The van der Waals surface area contributed by atoms with Crippen molar-refractivity contribution < 1.29 is 10.0 Å². The van der Waals surface area contributed by atoms with Gasteiger partial charge in [-0.1, -0.05) is 48.5 Å². The van der Waals surface area contributed by atoms with Crippen molar-refractivity contribution in [3.05, 3.63) is 66.2 Å². The molecule has 0 spiro atoms. The predicted molar refractivity (Wildman–Crippen MR) is 83.1 cm³/mol. The SMILES string of the molecule is C[C@@H](C(=O)N(C)Cc1ccccc1)N(O)c1ccccc1. The van der Waals surface area contributed by atoms with E-state index in [2.05, 4.69) is 0 Å². The van der Waals surface area contributed by atoms with E-state index in [1.165, 1.54) is 0 Å². The lowest BCUT2D eigenvalue weighted by molar-refractivity contribution is -0.132. The molecule has 4 nitrogen and oxygen atoms in total. The molecule has 0 aliphatic heterocycles. The van der Waals surface area contributed by atoms with Crippen molar-refractivity contribution in [3.8, 4) is 0 Å². The van der Waals surface area contributed by atoms with E-state index in [0.29, 0.717) is 12.2 Å². The van der Waals surface area contributed by atoms with Crippen LogP contribution in [0.1, 0.15) is 12.5 Å². The summed E-state index contributed by atoms with van der Waals surface area (Å²) in [6, 6.07) is 18.2. The van der Waals surface area contributed by atoms with E-state index in [-0.39, 0.29) is 5.91 Å². The maximum absolute atomic E-state index is 12.4. The van der Waals surface area contributed by atoms with Crippen molar-refractivity contribution >= 4 is 11.6 Å². The molecule has 0 aliphatic rings. The Morgan fingerprint density at radius 1 is 1.05 bits per heavy atom. The van der Waals surface area contributed by atoms with Gasteiger partial charge in [-0.15, -0.1) is 0 Å². The van der Waals surface area contributed by atoms with E-state index in [1.807, 2.05) is 48.5 Å². The number of anilines is 1. The van der Waals surface area contributed by atoms with E-state index >= 15 is 0 Å². The summed E-state index contributed by atoms with van der Waals surface area (Å²) in [6.45, 7) is 2.21. The molecular weight excluding hydrogens is 264 g/mol. The number of nitrogens with zero attached hydrogens (tertiary/aromatic N) is 2. The van der Waals surface area contributed by atoms with Crippen molar-refractivity contribution in [3.63, 3.8) is 0 Å². The van der Waals surface area contributed by atoms with Crippen LogP contribution in [0.5, 0.6) is 0 Å². The van der Waals surface area contributed by atoms with E-state index in [4.69, 9.17) is 0 Å². The average Bonchev–Trinajstić information content (AvgIpc) is 2.54. The molecule has 2 aromatic rings. The van der Waals surface area contributed by atoms with E-state index in [0.717, 1.165) is 10.6 Å². The number of hydrogen-bond acceptors (Lipinski definition) is 3. The molecule has 4 heteroatoms. The van der Waals surface area contributed by atoms with Gasteiger partial charge in [-0.2, -0.15) is 0 Å². The zero-order valence-corrected chi connectivity index (χ0v) is 12.3. The maximum Gasteiger partial charge on any atom is 0.247 e. The van der Waals surface area contributed by atoms with Crippen LogP contribution < -0.4 is 5.06 Å². The molecular formula is C17H20N2O2. The second-order valence-electron chi connectivity index (χ2n) is 5.04. The molecule has 21 heavy (non-hydrogen) atoms. The molecule has 0 aliphatic carbocycles. The highest BCUT2D eigenvalue weighted by Gasteiger charge is 2.23. The third-order valence-electron chi connectivity index (χ3n) is 3.38. The predicted octanol–water partition coefficient (Wildman–Crippen LogP) is 2.93. The first-order valence-corrected chi connectivity index (χ1v) is 6.91. The summed E-state index contributed by atoms with van der Waals surface area (Å²) in [5.74, 6) is -0.134. The van der Waals surface area contributed by atoms with Gasteiger partial charge in [0, 0.05) is 13.6 Å². The number of likely N-dealkylation sites (N-methyl/N-ethyl adjacent to an activating group) is 1. The average molecular weight is 284 g/mol. The summed E-state index contributed by atoms with van der Waals surface area (Å²) in [6.07, 6.45) is 0. The monoisotopic (exact) mass is 284 g/mol. The minimum atomic E-state index is -0.638. The second kappa shape index (κ2) is 6.90. The highest BCUT2D eigenvalue weighted by atomic mass is 16.5. The van der Waals surface area contributed by atoms with Gasteiger partial charge in [0.1, 0.15) is 6.04 Å². The highest BCUT2D eigenvalue weighted by molar-refractivity contribution is 5.84. The van der Waals surface area contributed by atoms with Gasteiger partial charge < -0.3 is 4.90 Å². The van der Waals surface area contributed by atoms with Crippen LogP contribution in [0, 0.1) is 0 Å². The van der Waals surface area contributed by atoms with Crippen LogP contribution in [0.25, 0.3) is 0 Å². The Kier molecular flexibility index (Phi) is 4.95. The molecule has 0 saturated heterocycles. The van der Waals surface area contributed by atoms with Crippen molar-refractivity contribution in [2.24, 2.45) is 0 Å². The van der Waals surface area contributed by atoms with Crippen molar-refractivity contribution in [1.82, 2.24) is 4.90 Å². The third kappa shape index (κ3) is 3.83. The number of amides is 1. The second-order valence-corrected chi connectivity index (χ2v) is 5.04. The van der Waals surface area contributed by atoms with Crippen LogP contribution in [0.2, 0.25) is 0 Å². The van der Waals surface area contributed by atoms with Crippen LogP contribution >= 0.6 is 0 Å². The van der Waals surface area contributed by atoms with Gasteiger partial charge in [0.25, 0.3) is 0 Å². The standard InChI is InChI=1S/C17H20N2O2/c1-14(19(21)16-11-7-4-8-12-16)17(20)18(2)13-15-9-5-3-6-10-15/h3-12,14,21H,13H2,1-2H3/t14-/m0/s1. The van der Waals surface area contributed by atoms with Gasteiger partial charge in [-0.3, -0.25) is 10.0 Å². The van der Waals surface area contributed by atoms with Gasteiger partial charge in [0.15, 0.2) is 0 Å². The Balaban J connectivity index is 2.01. The molecule has 0 bridgehead atoms. The Labute approximate surface area is 125 Å². The summed E-state index contributed by atoms with van der Waals surface area (Å²) < 4.78 is 0. The number of carbonyl (C=O) groups is 1. The summed E-state index contributed by atoms with van der Waals surface area (Å²) in [5, 5.41) is 11.2. The summed E-state index contributed by atoms with van der Waals surface area (Å²) in [5.41, 5.74) is 1.66. The number of para-hydroxylation sites is 1. The summed E-state index contributed by atoms with van der Waals surface area (Å²) in [4.78, 5) is 14.0. The fourth-order valence-electron chi connectivity index (χ4n) is 2.16. The molecule has 0 aromatic heterocycles. The van der Waals surface area contributed by atoms with Crippen LogP contribution in [-0.2, 0) is 11.3 Å². The molecule has 0 radical (unpaired) electrons. The Bertz CT molecular complexity index is 572. The van der Waals surface area contributed by atoms with Gasteiger partial charge in [0.05, 0.1) is 5.69 Å². The molecule has 0 unspecified atom stereocenters. The van der Waals surface area contributed by atoms with Crippen LogP contribution in [0.4, 0.5) is 5.69 Å². The maximum atomic E-state index is 12.4. The Hall–Kier alpha value is -2.33. The topological polar surface area (TPSA) is 43.8 Å². The quantitative estimate of drug-likeness (QED) is 0.859. The summed E-state index contributed by atoms with van der Waals surface area (Å²) in [7, 11) is 1.74. The molecule has 2 rings (SSSR count). The molecule has 110 valence electrons. The van der Waals surface area contributed by atoms with E-state index in [9.17, 15) is 10.0 Å². The fourth-order valence-corrected chi connectivity index (χ4v) is 2.16. The zero-order chi connectivity index (χ0) is 15.2. The number of hydroxylamine groups is 1. The van der Waals surface area contributed by atoms with Crippen LogP contribution in [-0.4, -0.2) is 29.1 Å². The molecule has 1 N–H and O–H groups in total. The zero-order valence-electron chi connectivity index (χ0n) is 12.3. The number of rotatable bonds is 5. The first kappa shape index (κ1) is 15.1.